The van der Waals surface area contributed by atoms with Gasteiger partial charge in [0.1, 0.15) is 4.99 Å². The molecule has 0 saturated heterocycles. The summed E-state index contributed by atoms with van der Waals surface area (Å²) in [7, 11) is -3.14. The molecule has 174 valence electrons. The van der Waals surface area contributed by atoms with Crippen LogP contribution in [0.3, 0.4) is 0 Å². The average molecular weight is 521 g/mol. The van der Waals surface area contributed by atoms with Gasteiger partial charge >= 0.3 is 7.60 Å². The number of rotatable bonds is 9. The third-order valence-electron chi connectivity index (χ3n) is 5.38. The molecule has 0 radical (unpaired) electrons. The van der Waals surface area contributed by atoms with Crippen molar-refractivity contribution in [3.63, 3.8) is 0 Å². The second kappa shape index (κ2) is 10.3. The minimum Gasteiger partial charge on any atom is -0.309 e. The van der Waals surface area contributed by atoms with Crippen LogP contribution in [0.2, 0.25) is 5.02 Å². The molecule has 2 aromatic carbocycles. The standard InChI is InChI=1S/C24H26ClN2O3PS2/c1-4-27(24-26-22-20-12-11-19(25)13-18(20)14-21(22)33-24)23(32)17-9-7-16(8-10-17)15-31(28,29-5-2)30-6-3/h7-13H,4-6,14-15H2,1-3H3. The Labute approximate surface area is 209 Å². The smallest absolute Gasteiger partial charge is 0.309 e. The van der Waals surface area contributed by atoms with Crippen LogP contribution in [0.1, 0.15) is 42.3 Å². The summed E-state index contributed by atoms with van der Waals surface area (Å²) in [4.78, 5) is 8.95. The SMILES string of the molecule is CCOP(=O)(Cc1ccc(C(=S)N(CC)c2nc3c(s2)Cc2cc(Cl)ccc2-3)cc1)OCC. The second-order valence-corrected chi connectivity index (χ2v) is 11.5. The van der Waals surface area contributed by atoms with Gasteiger partial charge < -0.3 is 13.9 Å². The molecule has 0 unspecified atom stereocenters. The van der Waals surface area contributed by atoms with Gasteiger partial charge in [0.15, 0.2) is 5.13 Å². The molecule has 1 aliphatic carbocycles. The van der Waals surface area contributed by atoms with Crippen molar-refractivity contribution in [2.75, 3.05) is 24.7 Å². The van der Waals surface area contributed by atoms with Crippen LogP contribution in [-0.4, -0.2) is 29.7 Å². The summed E-state index contributed by atoms with van der Waals surface area (Å²) >= 11 is 13.7. The van der Waals surface area contributed by atoms with Gasteiger partial charge in [-0.25, -0.2) is 4.98 Å². The van der Waals surface area contributed by atoms with Crippen LogP contribution in [0.25, 0.3) is 11.3 Å². The van der Waals surface area contributed by atoms with Crippen LogP contribution in [-0.2, 0) is 26.2 Å². The minimum absolute atomic E-state index is 0.238. The molecule has 0 bridgehead atoms. The second-order valence-electron chi connectivity index (χ2n) is 7.60. The summed E-state index contributed by atoms with van der Waals surface area (Å²) in [6, 6.07) is 13.8. The first kappa shape index (κ1) is 24.5. The molecule has 33 heavy (non-hydrogen) atoms. The highest BCUT2D eigenvalue weighted by Gasteiger charge is 2.27. The Kier molecular flexibility index (Phi) is 7.69. The third-order valence-corrected chi connectivity index (χ3v) is 9.21. The van der Waals surface area contributed by atoms with E-state index >= 15 is 0 Å². The minimum atomic E-state index is -3.14. The van der Waals surface area contributed by atoms with E-state index in [4.69, 9.17) is 37.9 Å². The highest BCUT2D eigenvalue weighted by Crippen LogP contribution is 2.51. The van der Waals surface area contributed by atoms with Crippen molar-refractivity contribution in [2.24, 2.45) is 0 Å². The summed E-state index contributed by atoms with van der Waals surface area (Å²) in [6.45, 7) is 7.11. The first-order valence-electron chi connectivity index (χ1n) is 10.9. The Balaban J connectivity index is 1.52. The van der Waals surface area contributed by atoms with Gasteiger partial charge in [0.2, 0.25) is 0 Å². The molecule has 9 heteroatoms. The van der Waals surface area contributed by atoms with E-state index in [1.165, 1.54) is 10.4 Å². The topological polar surface area (TPSA) is 51.7 Å². The van der Waals surface area contributed by atoms with Crippen molar-refractivity contribution in [2.45, 2.75) is 33.4 Å². The van der Waals surface area contributed by atoms with Gasteiger partial charge in [0.05, 0.1) is 25.1 Å². The lowest BCUT2D eigenvalue weighted by atomic mass is 10.1. The van der Waals surface area contributed by atoms with Crippen molar-refractivity contribution in [3.8, 4) is 11.3 Å². The zero-order chi connectivity index (χ0) is 23.6. The van der Waals surface area contributed by atoms with Crippen LogP contribution >= 0.6 is 42.8 Å². The van der Waals surface area contributed by atoms with Gasteiger partial charge in [-0.1, -0.05) is 54.2 Å². The number of anilines is 1. The van der Waals surface area contributed by atoms with Gasteiger partial charge in [0.25, 0.3) is 0 Å². The molecule has 0 aliphatic heterocycles. The quantitative estimate of drug-likeness (QED) is 0.170. The van der Waals surface area contributed by atoms with E-state index in [1.807, 2.05) is 56.3 Å². The van der Waals surface area contributed by atoms with Crippen molar-refractivity contribution in [3.05, 3.63) is 69.1 Å². The molecule has 0 saturated carbocycles. The van der Waals surface area contributed by atoms with Crippen LogP contribution in [0.15, 0.2) is 42.5 Å². The molecule has 5 nitrogen and oxygen atoms in total. The number of hydrogen-bond acceptors (Lipinski definition) is 6. The zero-order valence-electron chi connectivity index (χ0n) is 18.8. The molecule has 1 heterocycles. The molecule has 0 fully saturated rings. The molecule has 3 aromatic rings. The summed E-state index contributed by atoms with van der Waals surface area (Å²) in [6.07, 6.45) is 1.09. The van der Waals surface area contributed by atoms with Crippen LogP contribution in [0, 0.1) is 0 Å². The molecule has 1 aliphatic rings. The van der Waals surface area contributed by atoms with Gasteiger partial charge in [-0.2, -0.15) is 0 Å². The number of hydrogen-bond donors (Lipinski definition) is 0. The zero-order valence-corrected chi connectivity index (χ0v) is 22.1. The lowest BCUT2D eigenvalue weighted by molar-refractivity contribution is 0.219. The first-order chi connectivity index (χ1) is 15.9. The fraction of sp³-hybridized carbons (Fsp3) is 0.333. The maximum absolute atomic E-state index is 12.8. The normalized spacial score (nSPS) is 12.5. The van der Waals surface area contributed by atoms with Crippen molar-refractivity contribution in [1.82, 2.24) is 4.98 Å². The molecule has 1 aromatic heterocycles. The number of thiazole rings is 1. The first-order valence-corrected chi connectivity index (χ1v) is 14.3. The fourth-order valence-corrected chi connectivity index (χ4v) is 7.39. The molecule has 4 rings (SSSR count). The van der Waals surface area contributed by atoms with E-state index in [1.54, 1.807) is 11.3 Å². The number of nitrogens with zero attached hydrogens (tertiary/aromatic N) is 2. The largest absolute Gasteiger partial charge is 0.335 e. The van der Waals surface area contributed by atoms with Crippen molar-refractivity contribution in [1.29, 1.82) is 0 Å². The summed E-state index contributed by atoms with van der Waals surface area (Å²) in [5.41, 5.74) is 5.21. The number of fused-ring (bicyclic) bond motifs is 3. The fourth-order valence-electron chi connectivity index (χ4n) is 3.92. The van der Waals surface area contributed by atoms with E-state index in [-0.39, 0.29) is 6.16 Å². The van der Waals surface area contributed by atoms with E-state index < -0.39 is 7.60 Å². The average Bonchev–Trinajstić information content (AvgIpc) is 3.32. The molecular formula is C24H26ClN2O3PS2. The Bertz CT molecular complexity index is 1200. The lowest BCUT2D eigenvalue weighted by Gasteiger charge is -2.21. The molecule has 0 spiro atoms. The van der Waals surface area contributed by atoms with Crippen molar-refractivity contribution < 1.29 is 13.6 Å². The summed E-state index contributed by atoms with van der Waals surface area (Å²) in [5.74, 6) is 0. The summed E-state index contributed by atoms with van der Waals surface area (Å²) < 4.78 is 23.6. The van der Waals surface area contributed by atoms with E-state index in [2.05, 4.69) is 11.8 Å². The lowest BCUT2D eigenvalue weighted by Crippen LogP contribution is -2.29. The molecular weight excluding hydrogens is 495 g/mol. The third kappa shape index (κ3) is 5.24. The number of halogens is 1. The van der Waals surface area contributed by atoms with Gasteiger partial charge in [-0.3, -0.25) is 4.57 Å². The van der Waals surface area contributed by atoms with Crippen molar-refractivity contribution >= 4 is 52.9 Å². The van der Waals surface area contributed by atoms with Gasteiger partial charge in [-0.15, -0.1) is 11.3 Å². The van der Waals surface area contributed by atoms with E-state index in [0.29, 0.717) is 24.7 Å². The van der Waals surface area contributed by atoms with Crippen LogP contribution < -0.4 is 4.90 Å². The van der Waals surface area contributed by atoms with Gasteiger partial charge in [0, 0.05) is 34.0 Å². The molecule has 0 amide bonds. The van der Waals surface area contributed by atoms with E-state index in [9.17, 15) is 4.57 Å². The maximum Gasteiger partial charge on any atom is 0.335 e. The highest BCUT2D eigenvalue weighted by molar-refractivity contribution is 7.81. The predicted molar refractivity (Wildman–Crippen MR) is 141 cm³/mol. The Morgan fingerprint density at radius 3 is 2.48 bits per heavy atom. The predicted octanol–water partition coefficient (Wildman–Crippen LogP) is 7.34. The van der Waals surface area contributed by atoms with Crippen LogP contribution in [0.5, 0.6) is 0 Å². The number of thiocarbonyl (C=S) groups is 1. The maximum atomic E-state index is 12.8. The Hall–Kier alpha value is -1.60. The monoisotopic (exact) mass is 520 g/mol. The summed E-state index contributed by atoms with van der Waals surface area (Å²) in [5, 5.41) is 1.65. The Morgan fingerprint density at radius 1 is 1.15 bits per heavy atom. The van der Waals surface area contributed by atoms with Crippen LogP contribution in [0.4, 0.5) is 5.13 Å². The molecule has 0 atom stereocenters. The van der Waals surface area contributed by atoms with Gasteiger partial charge in [-0.05, 0) is 44.0 Å². The Morgan fingerprint density at radius 2 is 1.85 bits per heavy atom. The highest BCUT2D eigenvalue weighted by atomic mass is 35.5. The van der Waals surface area contributed by atoms with E-state index in [0.717, 1.165) is 39.0 Å². The number of aromatic nitrogens is 1. The number of benzene rings is 2. The molecule has 0 N–H and O–H groups in total.